The smallest absolute Gasteiger partial charge is 0.110 e. The minimum absolute atomic E-state index is 1.01. The fourth-order valence-corrected chi connectivity index (χ4v) is 3.14. The molecular formula is C16H10N2S. The van der Waals surface area contributed by atoms with Crippen molar-refractivity contribution < 1.29 is 0 Å². The lowest BCUT2D eigenvalue weighted by molar-refractivity contribution is 1.18. The summed E-state index contributed by atoms with van der Waals surface area (Å²) in [6, 6.07) is 18.5. The van der Waals surface area contributed by atoms with Crippen LogP contribution in [0.2, 0.25) is 0 Å². The van der Waals surface area contributed by atoms with Crippen molar-refractivity contribution in [3.05, 3.63) is 60.2 Å². The second kappa shape index (κ2) is 4.21. The van der Waals surface area contributed by atoms with E-state index in [-0.39, 0.29) is 0 Å². The van der Waals surface area contributed by atoms with E-state index in [0.29, 0.717) is 0 Å². The largest absolute Gasteiger partial charge is 0.255 e. The molecule has 4 rings (SSSR count). The summed E-state index contributed by atoms with van der Waals surface area (Å²) in [4.78, 5) is 10.4. The highest BCUT2D eigenvalue weighted by Crippen LogP contribution is 2.38. The number of fused-ring (bicyclic) bond motifs is 3. The zero-order valence-corrected chi connectivity index (χ0v) is 10.9. The highest BCUT2D eigenvalue weighted by Gasteiger charge is 2.12. The normalized spacial score (nSPS) is 12.8. The summed E-state index contributed by atoms with van der Waals surface area (Å²) in [5.74, 6) is 0. The average molecular weight is 262 g/mol. The first kappa shape index (κ1) is 10.8. The lowest BCUT2D eigenvalue weighted by Crippen LogP contribution is -1.90. The Hall–Kier alpha value is -2.13. The van der Waals surface area contributed by atoms with Crippen LogP contribution < -0.4 is 0 Å². The molecule has 19 heavy (non-hydrogen) atoms. The SMILES string of the molecule is C1=Nc2ccccc2Sc2nc3ccccc3cc21. The van der Waals surface area contributed by atoms with Gasteiger partial charge in [-0.05, 0) is 24.3 Å². The summed E-state index contributed by atoms with van der Waals surface area (Å²) in [5, 5.41) is 2.17. The van der Waals surface area contributed by atoms with Crippen LogP contribution in [0.15, 0.2) is 69.5 Å². The third-order valence-corrected chi connectivity index (χ3v) is 4.22. The average Bonchev–Trinajstić information content (AvgIpc) is 2.63. The lowest BCUT2D eigenvalue weighted by atomic mass is 10.2. The van der Waals surface area contributed by atoms with Gasteiger partial charge in [0.25, 0.3) is 0 Å². The summed E-state index contributed by atoms with van der Waals surface area (Å²) in [6.07, 6.45) is 1.91. The number of benzene rings is 2. The van der Waals surface area contributed by atoms with Crippen molar-refractivity contribution in [3.8, 4) is 0 Å². The number of nitrogens with zero attached hydrogens (tertiary/aromatic N) is 2. The van der Waals surface area contributed by atoms with Crippen molar-refractivity contribution in [1.82, 2.24) is 4.98 Å². The molecule has 0 saturated heterocycles. The molecule has 2 aromatic carbocycles. The molecule has 1 aliphatic heterocycles. The minimum Gasteiger partial charge on any atom is -0.255 e. The molecule has 0 N–H and O–H groups in total. The van der Waals surface area contributed by atoms with E-state index < -0.39 is 0 Å². The molecule has 1 aromatic heterocycles. The third kappa shape index (κ3) is 1.83. The van der Waals surface area contributed by atoms with Gasteiger partial charge in [0, 0.05) is 22.1 Å². The molecule has 0 aliphatic carbocycles. The van der Waals surface area contributed by atoms with Crippen molar-refractivity contribution in [2.75, 3.05) is 0 Å². The maximum absolute atomic E-state index is 4.75. The number of rotatable bonds is 0. The van der Waals surface area contributed by atoms with Crippen molar-refractivity contribution >= 4 is 34.6 Å². The van der Waals surface area contributed by atoms with Crippen LogP contribution in [0.25, 0.3) is 10.9 Å². The van der Waals surface area contributed by atoms with Crippen LogP contribution >= 0.6 is 11.8 Å². The standard InChI is InChI=1S/C16H10N2S/c1-2-6-13-11(5-1)9-12-10-17-14-7-3-4-8-15(14)19-16(12)18-13/h1-10H. The number of hydrogen-bond acceptors (Lipinski definition) is 3. The van der Waals surface area contributed by atoms with Crippen molar-refractivity contribution in [2.24, 2.45) is 4.99 Å². The van der Waals surface area contributed by atoms with E-state index in [9.17, 15) is 0 Å². The summed E-state index contributed by atoms with van der Waals surface area (Å²) in [5.41, 5.74) is 3.12. The van der Waals surface area contributed by atoms with Crippen LogP contribution in [0.5, 0.6) is 0 Å². The van der Waals surface area contributed by atoms with Crippen molar-refractivity contribution in [3.63, 3.8) is 0 Å². The first-order valence-corrected chi connectivity index (χ1v) is 6.92. The molecule has 1 aliphatic rings. The van der Waals surface area contributed by atoms with E-state index in [1.807, 2.05) is 42.6 Å². The van der Waals surface area contributed by atoms with E-state index in [2.05, 4.69) is 23.2 Å². The number of aromatic nitrogens is 1. The molecule has 0 radical (unpaired) electrons. The topological polar surface area (TPSA) is 25.2 Å². The highest BCUT2D eigenvalue weighted by molar-refractivity contribution is 7.99. The summed E-state index contributed by atoms with van der Waals surface area (Å²) in [6.45, 7) is 0. The Kier molecular flexibility index (Phi) is 2.38. The zero-order valence-electron chi connectivity index (χ0n) is 10.1. The third-order valence-electron chi connectivity index (χ3n) is 3.13. The molecule has 0 spiro atoms. The first-order chi connectivity index (χ1) is 9.40. The molecule has 3 aromatic rings. The summed E-state index contributed by atoms with van der Waals surface area (Å²) in [7, 11) is 0. The van der Waals surface area contributed by atoms with Gasteiger partial charge >= 0.3 is 0 Å². The van der Waals surface area contributed by atoms with Crippen LogP contribution in [-0.2, 0) is 0 Å². The number of aliphatic imine (C=N–C) groups is 1. The molecule has 2 nitrogen and oxygen atoms in total. The van der Waals surface area contributed by atoms with E-state index in [1.54, 1.807) is 11.8 Å². The Morgan fingerprint density at radius 3 is 2.74 bits per heavy atom. The van der Waals surface area contributed by atoms with Gasteiger partial charge in [-0.25, -0.2) is 4.98 Å². The molecule has 0 atom stereocenters. The molecule has 0 saturated carbocycles. The monoisotopic (exact) mass is 262 g/mol. The number of hydrogen-bond donors (Lipinski definition) is 0. The van der Waals surface area contributed by atoms with E-state index in [0.717, 1.165) is 32.1 Å². The van der Waals surface area contributed by atoms with Crippen LogP contribution in [0.3, 0.4) is 0 Å². The Bertz CT molecular complexity index is 809. The van der Waals surface area contributed by atoms with E-state index in [1.165, 1.54) is 0 Å². The highest BCUT2D eigenvalue weighted by atomic mass is 32.2. The Balaban J connectivity index is 1.96. The van der Waals surface area contributed by atoms with Gasteiger partial charge in [-0.2, -0.15) is 0 Å². The predicted molar refractivity (Wildman–Crippen MR) is 79.6 cm³/mol. The maximum Gasteiger partial charge on any atom is 0.110 e. The van der Waals surface area contributed by atoms with Gasteiger partial charge in [-0.3, -0.25) is 4.99 Å². The van der Waals surface area contributed by atoms with Crippen LogP contribution in [0.1, 0.15) is 5.56 Å². The summed E-state index contributed by atoms with van der Waals surface area (Å²) >= 11 is 1.68. The first-order valence-electron chi connectivity index (χ1n) is 6.11. The molecular weight excluding hydrogens is 252 g/mol. The fourth-order valence-electron chi connectivity index (χ4n) is 2.18. The lowest BCUT2D eigenvalue weighted by Gasteiger charge is -2.05. The predicted octanol–water partition coefficient (Wildman–Crippen LogP) is 4.45. The van der Waals surface area contributed by atoms with Gasteiger partial charge in [-0.1, -0.05) is 42.1 Å². The minimum atomic E-state index is 1.01. The molecule has 0 unspecified atom stereocenters. The van der Waals surface area contributed by atoms with Gasteiger partial charge in [0.15, 0.2) is 0 Å². The molecule has 0 fully saturated rings. The Morgan fingerprint density at radius 1 is 0.895 bits per heavy atom. The molecule has 0 amide bonds. The Labute approximate surface area is 115 Å². The summed E-state index contributed by atoms with van der Waals surface area (Å²) < 4.78 is 0. The van der Waals surface area contributed by atoms with E-state index >= 15 is 0 Å². The quantitative estimate of drug-likeness (QED) is 0.468. The second-order valence-electron chi connectivity index (χ2n) is 4.40. The molecule has 3 heteroatoms. The van der Waals surface area contributed by atoms with Crippen molar-refractivity contribution in [1.29, 1.82) is 0 Å². The van der Waals surface area contributed by atoms with Crippen molar-refractivity contribution in [2.45, 2.75) is 9.92 Å². The molecule has 2 heterocycles. The molecule has 0 bridgehead atoms. The van der Waals surface area contributed by atoms with Gasteiger partial charge in [0.1, 0.15) is 5.03 Å². The zero-order chi connectivity index (χ0) is 12.7. The maximum atomic E-state index is 4.75. The van der Waals surface area contributed by atoms with Crippen LogP contribution in [-0.4, -0.2) is 11.2 Å². The number of para-hydroxylation sites is 2. The second-order valence-corrected chi connectivity index (χ2v) is 5.43. The van der Waals surface area contributed by atoms with E-state index in [4.69, 9.17) is 4.98 Å². The van der Waals surface area contributed by atoms with Crippen LogP contribution in [0, 0.1) is 0 Å². The van der Waals surface area contributed by atoms with Gasteiger partial charge in [-0.15, -0.1) is 0 Å². The Morgan fingerprint density at radius 2 is 1.74 bits per heavy atom. The molecule has 90 valence electrons. The van der Waals surface area contributed by atoms with Gasteiger partial charge in [0.2, 0.25) is 0 Å². The van der Waals surface area contributed by atoms with Gasteiger partial charge < -0.3 is 0 Å². The van der Waals surface area contributed by atoms with Crippen LogP contribution in [0.4, 0.5) is 5.69 Å². The fraction of sp³-hybridized carbons (Fsp3) is 0. The van der Waals surface area contributed by atoms with Gasteiger partial charge in [0.05, 0.1) is 11.2 Å². The number of pyridine rings is 1.